The zero-order chi connectivity index (χ0) is 19.0. The summed E-state index contributed by atoms with van der Waals surface area (Å²) in [4.78, 5) is 38.2. The van der Waals surface area contributed by atoms with Gasteiger partial charge in [0.25, 0.3) is 5.69 Å². The highest BCUT2D eigenvalue weighted by Gasteiger charge is 2.41. The van der Waals surface area contributed by atoms with Crippen LogP contribution in [0.4, 0.5) is 11.4 Å². The summed E-state index contributed by atoms with van der Waals surface area (Å²) in [5.41, 5.74) is 0.317. The van der Waals surface area contributed by atoms with E-state index in [0.29, 0.717) is 44.8 Å². The Morgan fingerprint density at radius 3 is 2.59 bits per heavy atom. The second-order valence-electron chi connectivity index (χ2n) is 6.73. The number of amides is 1. The van der Waals surface area contributed by atoms with E-state index in [1.165, 1.54) is 18.2 Å². The molecule has 0 radical (unpaired) electrons. The molecule has 1 aromatic carbocycles. The lowest BCUT2D eigenvalue weighted by molar-refractivity contribution is -0.384. The second kappa shape index (κ2) is 6.78. The number of likely N-dealkylation sites (tertiary alicyclic amines) is 1. The van der Waals surface area contributed by atoms with Gasteiger partial charge in [0.2, 0.25) is 5.91 Å². The van der Waals surface area contributed by atoms with E-state index in [-0.39, 0.29) is 30.4 Å². The van der Waals surface area contributed by atoms with Gasteiger partial charge in [0.1, 0.15) is 6.54 Å². The average Bonchev–Trinajstić information content (AvgIpc) is 3.09. The third kappa shape index (κ3) is 3.45. The summed E-state index contributed by atoms with van der Waals surface area (Å²) in [6.07, 6.45) is 1.23. The first-order valence-corrected chi connectivity index (χ1v) is 8.76. The van der Waals surface area contributed by atoms with Gasteiger partial charge in [0.05, 0.1) is 36.4 Å². The summed E-state index contributed by atoms with van der Waals surface area (Å²) >= 11 is 0. The molecule has 0 bridgehead atoms. The lowest BCUT2D eigenvalue weighted by Gasteiger charge is -2.38. The number of nitro benzene ring substituents is 1. The van der Waals surface area contributed by atoms with Crippen LogP contribution in [0.2, 0.25) is 0 Å². The maximum absolute atomic E-state index is 12.7. The Bertz CT molecular complexity index is 781. The number of hydrogen-bond donors (Lipinski definition) is 0. The molecular weight excluding hydrogens is 358 g/mol. The fourth-order valence-corrected chi connectivity index (χ4v) is 3.64. The van der Waals surface area contributed by atoms with E-state index in [1.807, 2.05) is 0 Å². The minimum absolute atomic E-state index is 0.00533. The number of piperidine rings is 1. The lowest BCUT2D eigenvalue weighted by atomic mass is 10.0. The Hall–Kier alpha value is -2.72. The molecule has 1 amide bonds. The van der Waals surface area contributed by atoms with Gasteiger partial charge in [-0.1, -0.05) is 0 Å². The molecule has 144 valence electrons. The molecule has 3 aliphatic rings. The maximum Gasteiger partial charge on any atom is 0.331 e. The normalized spacial score (nSPS) is 21.1. The molecule has 4 rings (SSSR count). The number of carbonyl (C=O) groups is 2. The van der Waals surface area contributed by atoms with Crippen LogP contribution >= 0.6 is 0 Å². The first-order chi connectivity index (χ1) is 13.0. The van der Waals surface area contributed by atoms with Crippen LogP contribution in [0.25, 0.3) is 0 Å². The largest absolute Gasteiger partial charge is 0.423 e. The summed E-state index contributed by atoms with van der Waals surface area (Å²) in [5.74, 6) is -1.14. The fraction of sp³-hybridized carbons (Fsp3) is 0.529. The number of rotatable bonds is 3. The van der Waals surface area contributed by atoms with Crippen molar-refractivity contribution in [2.24, 2.45) is 0 Å². The maximum atomic E-state index is 12.7. The van der Waals surface area contributed by atoms with Gasteiger partial charge in [0.15, 0.2) is 11.5 Å². The van der Waals surface area contributed by atoms with E-state index in [2.05, 4.69) is 0 Å². The number of anilines is 1. The Morgan fingerprint density at radius 1 is 1.22 bits per heavy atom. The fourth-order valence-electron chi connectivity index (χ4n) is 3.64. The van der Waals surface area contributed by atoms with E-state index in [9.17, 15) is 19.7 Å². The number of carbonyl (C=O) groups excluding carboxylic acids is 2. The van der Waals surface area contributed by atoms with Crippen LogP contribution in [-0.2, 0) is 19.1 Å². The molecule has 3 aliphatic heterocycles. The van der Waals surface area contributed by atoms with Crippen LogP contribution in [0.1, 0.15) is 12.8 Å². The molecule has 2 fully saturated rings. The topological polar surface area (TPSA) is 111 Å². The number of hydrogen-bond acceptors (Lipinski definition) is 8. The molecule has 0 unspecified atom stereocenters. The van der Waals surface area contributed by atoms with Gasteiger partial charge in [-0.2, -0.15) is 0 Å². The van der Waals surface area contributed by atoms with Gasteiger partial charge >= 0.3 is 5.97 Å². The molecule has 0 saturated carbocycles. The Morgan fingerprint density at radius 2 is 1.93 bits per heavy atom. The van der Waals surface area contributed by atoms with E-state index in [4.69, 9.17) is 14.2 Å². The number of fused-ring (bicyclic) bond motifs is 1. The van der Waals surface area contributed by atoms with Crippen LogP contribution in [0.5, 0.6) is 5.75 Å². The molecular formula is C17H19N3O7. The van der Waals surface area contributed by atoms with Crippen molar-refractivity contribution < 1.29 is 28.7 Å². The highest BCUT2D eigenvalue weighted by molar-refractivity contribution is 5.89. The third-order valence-corrected chi connectivity index (χ3v) is 5.06. The summed E-state index contributed by atoms with van der Waals surface area (Å²) in [6.45, 7) is 2.10. The molecule has 0 aromatic heterocycles. The van der Waals surface area contributed by atoms with Crippen molar-refractivity contribution in [3.63, 3.8) is 0 Å². The van der Waals surface area contributed by atoms with Crippen molar-refractivity contribution in [3.05, 3.63) is 28.3 Å². The van der Waals surface area contributed by atoms with Crippen molar-refractivity contribution >= 4 is 23.3 Å². The van der Waals surface area contributed by atoms with Gasteiger partial charge in [-0.25, -0.2) is 4.79 Å². The quantitative estimate of drug-likeness (QED) is 0.327. The van der Waals surface area contributed by atoms with Crippen LogP contribution in [0, 0.1) is 10.1 Å². The average molecular weight is 377 g/mol. The zero-order valence-corrected chi connectivity index (χ0v) is 14.6. The SMILES string of the molecule is O=C1CN(CC(=O)N2CCC3(CC2)OCCO3)c2ccc([N+](=O)[O-])cc2O1. The van der Waals surface area contributed by atoms with Crippen molar-refractivity contribution in [2.75, 3.05) is 44.3 Å². The van der Waals surface area contributed by atoms with Crippen molar-refractivity contribution in [1.29, 1.82) is 0 Å². The van der Waals surface area contributed by atoms with Gasteiger partial charge < -0.3 is 24.0 Å². The monoisotopic (exact) mass is 377 g/mol. The molecule has 27 heavy (non-hydrogen) atoms. The summed E-state index contributed by atoms with van der Waals surface area (Å²) in [6, 6.07) is 4.02. The molecule has 0 atom stereocenters. The van der Waals surface area contributed by atoms with Crippen LogP contribution < -0.4 is 9.64 Å². The van der Waals surface area contributed by atoms with Crippen LogP contribution in [-0.4, -0.2) is 66.9 Å². The minimum Gasteiger partial charge on any atom is -0.423 e. The predicted molar refractivity (Wildman–Crippen MR) is 91.4 cm³/mol. The lowest BCUT2D eigenvalue weighted by Crippen LogP contribution is -2.51. The molecule has 0 aliphatic carbocycles. The second-order valence-corrected chi connectivity index (χ2v) is 6.73. The molecule has 0 N–H and O–H groups in total. The zero-order valence-electron chi connectivity index (χ0n) is 14.6. The molecule has 10 nitrogen and oxygen atoms in total. The van der Waals surface area contributed by atoms with Crippen LogP contribution in [0.15, 0.2) is 18.2 Å². The van der Waals surface area contributed by atoms with Gasteiger partial charge in [-0.15, -0.1) is 0 Å². The highest BCUT2D eigenvalue weighted by atomic mass is 16.7. The molecule has 1 aromatic rings. The summed E-state index contributed by atoms with van der Waals surface area (Å²) in [5, 5.41) is 10.9. The van der Waals surface area contributed by atoms with Gasteiger partial charge in [-0.05, 0) is 6.07 Å². The van der Waals surface area contributed by atoms with E-state index in [1.54, 1.807) is 9.80 Å². The number of esters is 1. The van der Waals surface area contributed by atoms with Crippen LogP contribution in [0.3, 0.4) is 0 Å². The smallest absolute Gasteiger partial charge is 0.331 e. The van der Waals surface area contributed by atoms with E-state index >= 15 is 0 Å². The van der Waals surface area contributed by atoms with Gasteiger partial charge in [-0.3, -0.25) is 14.9 Å². The molecule has 1 spiro atoms. The van der Waals surface area contributed by atoms with Crippen molar-refractivity contribution in [1.82, 2.24) is 4.90 Å². The number of non-ortho nitro benzene ring substituents is 1. The predicted octanol–water partition coefficient (Wildman–Crippen LogP) is 0.686. The Balaban J connectivity index is 1.44. The number of ether oxygens (including phenoxy) is 3. The highest BCUT2D eigenvalue weighted by Crippen LogP contribution is 2.35. The first kappa shape index (κ1) is 17.7. The minimum atomic E-state index is -0.561. The first-order valence-electron chi connectivity index (χ1n) is 8.76. The Labute approximate surface area is 154 Å². The summed E-state index contributed by atoms with van der Waals surface area (Å²) < 4.78 is 16.4. The molecule has 3 heterocycles. The number of nitro groups is 1. The van der Waals surface area contributed by atoms with Crippen molar-refractivity contribution in [2.45, 2.75) is 18.6 Å². The van der Waals surface area contributed by atoms with Gasteiger partial charge in [0, 0.05) is 32.0 Å². The standard InChI is InChI=1S/C17H19N3O7/c21-15(18-5-3-17(4-6-18)25-7-8-26-17)10-19-11-16(22)27-14-9-12(20(23)24)1-2-13(14)19/h1-2,9H,3-8,10-11H2. The Kier molecular flexibility index (Phi) is 4.44. The summed E-state index contributed by atoms with van der Waals surface area (Å²) in [7, 11) is 0. The molecule has 10 heteroatoms. The number of benzene rings is 1. The third-order valence-electron chi connectivity index (χ3n) is 5.06. The van der Waals surface area contributed by atoms with Crippen molar-refractivity contribution in [3.8, 4) is 5.75 Å². The van der Waals surface area contributed by atoms with E-state index in [0.717, 1.165) is 0 Å². The number of nitrogens with zero attached hydrogens (tertiary/aromatic N) is 3. The van der Waals surface area contributed by atoms with E-state index < -0.39 is 16.7 Å². The molecule has 2 saturated heterocycles.